The largest absolute Gasteiger partial charge is 0.273 e. The predicted molar refractivity (Wildman–Crippen MR) is 105 cm³/mol. The molecule has 0 saturated heterocycles. The Morgan fingerprint density at radius 1 is 0.893 bits per heavy atom. The number of rotatable bonds is 3. The summed E-state index contributed by atoms with van der Waals surface area (Å²) in [5, 5.41) is 0. The molecule has 3 aromatic rings. The van der Waals surface area contributed by atoms with Crippen molar-refractivity contribution in [3.05, 3.63) is 71.0 Å². The molecule has 28 heavy (non-hydrogen) atoms. The number of hydrogen-bond acceptors (Lipinski definition) is 4. The summed E-state index contributed by atoms with van der Waals surface area (Å²) in [4.78, 5) is 34.0. The van der Waals surface area contributed by atoms with Crippen molar-refractivity contribution in [1.82, 2.24) is 20.8 Å². The number of carbonyl (C=O) groups excluding carboxylic acids is 2. The fraction of sp³-hybridized carbons (Fsp3) is 0.273. The second kappa shape index (κ2) is 6.71. The van der Waals surface area contributed by atoms with Crippen molar-refractivity contribution >= 4 is 22.8 Å². The molecule has 2 aliphatic rings. The Morgan fingerprint density at radius 3 is 2.36 bits per heavy atom. The SMILES string of the molecule is O=C(Cc1ccccc1)NNC(=O)c1ccc2nc3c(nc2c1)C1CCC3C1. The van der Waals surface area contributed by atoms with Gasteiger partial charge in [0.05, 0.1) is 28.8 Å². The van der Waals surface area contributed by atoms with Crippen molar-refractivity contribution in [3.8, 4) is 0 Å². The monoisotopic (exact) mass is 372 g/mol. The Morgan fingerprint density at radius 2 is 1.61 bits per heavy atom. The molecular weight excluding hydrogens is 352 g/mol. The second-order valence-electron chi connectivity index (χ2n) is 7.57. The van der Waals surface area contributed by atoms with Gasteiger partial charge in [-0.05, 0) is 43.0 Å². The summed E-state index contributed by atoms with van der Waals surface area (Å²) < 4.78 is 0. The minimum absolute atomic E-state index is 0.207. The van der Waals surface area contributed by atoms with Gasteiger partial charge in [-0.3, -0.25) is 20.4 Å². The van der Waals surface area contributed by atoms with Crippen LogP contribution in [0, 0.1) is 0 Å². The molecule has 2 amide bonds. The van der Waals surface area contributed by atoms with Gasteiger partial charge in [0.25, 0.3) is 5.91 Å². The van der Waals surface area contributed by atoms with Gasteiger partial charge in [-0.15, -0.1) is 0 Å². The maximum atomic E-state index is 12.4. The van der Waals surface area contributed by atoms with Crippen LogP contribution >= 0.6 is 0 Å². The first-order valence-electron chi connectivity index (χ1n) is 9.62. The van der Waals surface area contributed by atoms with Gasteiger partial charge in [-0.25, -0.2) is 9.97 Å². The average molecular weight is 372 g/mol. The average Bonchev–Trinajstić information content (AvgIpc) is 3.33. The van der Waals surface area contributed by atoms with E-state index < -0.39 is 0 Å². The molecular formula is C22H20N4O2. The van der Waals surface area contributed by atoms with Crippen LogP contribution in [0.2, 0.25) is 0 Å². The van der Waals surface area contributed by atoms with E-state index in [4.69, 9.17) is 9.97 Å². The maximum absolute atomic E-state index is 12.4. The number of fused-ring (bicyclic) bond motifs is 6. The molecule has 6 heteroatoms. The van der Waals surface area contributed by atoms with Gasteiger partial charge < -0.3 is 0 Å². The Kier molecular flexibility index (Phi) is 4.04. The van der Waals surface area contributed by atoms with Crippen LogP contribution in [0.4, 0.5) is 0 Å². The van der Waals surface area contributed by atoms with Crippen molar-refractivity contribution in [2.45, 2.75) is 37.5 Å². The summed E-state index contributed by atoms with van der Waals surface area (Å²) in [6, 6.07) is 14.7. The topological polar surface area (TPSA) is 84.0 Å². The van der Waals surface area contributed by atoms with E-state index in [1.54, 1.807) is 12.1 Å². The maximum Gasteiger partial charge on any atom is 0.269 e. The van der Waals surface area contributed by atoms with Gasteiger partial charge in [0.15, 0.2) is 0 Å². The molecule has 2 atom stereocenters. The van der Waals surface area contributed by atoms with Crippen LogP contribution in [0.1, 0.15) is 58.4 Å². The lowest BCUT2D eigenvalue weighted by Gasteiger charge is -2.14. The smallest absolute Gasteiger partial charge is 0.269 e. The van der Waals surface area contributed by atoms with Crippen molar-refractivity contribution < 1.29 is 9.59 Å². The number of carbonyl (C=O) groups is 2. The Labute approximate surface area is 162 Å². The summed E-state index contributed by atoms with van der Waals surface area (Å²) in [6.07, 6.45) is 3.76. The highest BCUT2D eigenvalue weighted by molar-refractivity contribution is 5.98. The summed E-state index contributed by atoms with van der Waals surface area (Å²) >= 11 is 0. The number of hydrazine groups is 1. The fourth-order valence-electron chi connectivity index (χ4n) is 4.33. The normalized spacial score (nSPS) is 19.4. The van der Waals surface area contributed by atoms with E-state index in [9.17, 15) is 9.59 Å². The third-order valence-corrected chi connectivity index (χ3v) is 5.71. The highest BCUT2D eigenvalue weighted by atomic mass is 16.2. The quantitative estimate of drug-likeness (QED) is 0.692. The number of benzene rings is 2. The first-order valence-corrected chi connectivity index (χ1v) is 9.62. The zero-order valence-electron chi connectivity index (χ0n) is 15.3. The molecule has 1 heterocycles. The zero-order valence-corrected chi connectivity index (χ0v) is 15.3. The van der Waals surface area contributed by atoms with E-state index in [1.807, 2.05) is 36.4 Å². The Bertz CT molecular complexity index is 1080. The lowest BCUT2D eigenvalue weighted by Crippen LogP contribution is -2.42. The Hall–Kier alpha value is -3.28. The molecule has 2 aromatic carbocycles. The fourth-order valence-corrected chi connectivity index (χ4v) is 4.33. The summed E-state index contributed by atoms with van der Waals surface area (Å²) in [6.45, 7) is 0. The zero-order chi connectivity index (χ0) is 19.1. The van der Waals surface area contributed by atoms with Gasteiger partial charge in [-0.1, -0.05) is 30.3 Å². The van der Waals surface area contributed by atoms with E-state index >= 15 is 0 Å². The van der Waals surface area contributed by atoms with Crippen molar-refractivity contribution in [2.75, 3.05) is 0 Å². The molecule has 2 N–H and O–H groups in total. The van der Waals surface area contributed by atoms with E-state index in [1.165, 1.54) is 12.8 Å². The van der Waals surface area contributed by atoms with Gasteiger partial charge in [0, 0.05) is 17.4 Å². The standard InChI is InChI=1S/C22H20N4O2/c27-19(10-13-4-2-1-3-5-13)25-26-22(28)16-8-9-17-18(12-16)24-21-15-7-6-14(11-15)20(21)23-17/h1-5,8-9,12,14-15H,6-7,10-11H2,(H,25,27)(H,26,28). The molecule has 1 fully saturated rings. The highest BCUT2D eigenvalue weighted by Gasteiger charge is 2.39. The lowest BCUT2D eigenvalue weighted by molar-refractivity contribution is -0.121. The third-order valence-electron chi connectivity index (χ3n) is 5.71. The van der Waals surface area contributed by atoms with Crippen LogP contribution in [-0.4, -0.2) is 21.8 Å². The molecule has 0 radical (unpaired) electrons. The number of amides is 2. The molecule has 5 rings (SSSR count). The van der Waals surface area contributed by atoms with Crippen LogP contribution < -0.4 is 10.9 Å². The van der Waals surface area contributed by atoms with Crippen LogP contribution in [0.3, 0.4) is 0 Å². The van der Waals surface area contributed by atoms with Crippen LogP contribution in [-0.2, 0) is 11.2 Å². The van der Waals surface area contributed by atoms with Crippen molar-refractivity contribution in [3.63, 3.8) is 0 Å². The first kappa shape index (κ1) is 16.9. The number of nitrogens with one attached hydrogen (secondary N) is 2. The Balaban J connectivity index is 1.29. The predicted octanol–water partition coefficient (Wildman–Crippen LogP) is 3.00. The third kappa shape index (κ3) is 3.01. The molecule has 2 bridgehead atoms. The minimum Gasteiger partial charge on any atom is -0.273 e. The second-order valence-corrected chi connectivity index (χ2v) is 7.57. The number of nitrogens with zero attached hydrogens (tertiary/aromatic N) is 2. The highest BCUT2D eigenvalue weighted by Crippen LogP contribution is 2.51. The molecule has 0 spiro atoms. The summed E-state index contributed by atoms with van der Waals surface area (Å²) in [5.41, 5.74) is 10.1. The summed E-state index contributed by atoms with van der Waals surface area (Å²) in [5.74, 6) is 0.437. The van der Waals surface area contributed by atoms with E-state index in [2.05, 4.69) is 10.9 Å². The van der Waals surface area contributed by atoms with E-state index in [-0.39, 0.29) is 18.2 Å². The van der Waals surface area contributed by atoms with Gasteiger partial charge in [0.2, 0.25) is 5.91 Å². The first-order chi connectivity index (χ1) is 13.7. The molecule has 0 aliphatic heterocycles. The van der Waals surface area contributed by atoms with Crippen LogP contribution in [0.5, 0.6) is 0 Å². The number of hydrogen-bond donors (Lipinski definition) is 2. The lowest BCUT2D eigenvalue weighted by atomic mass is 10.00. The molecule has 2 unspecified atom stereocenters. The molecule has 6 nitrogen and oxygen atoms in total. The van der Waals surface area contributed by atoms with Crippen LogP contribution in [0.15, 0.2) is 48.5 Å². The molecule has 1 saturated carbocycles. The van der Waals surface area contributed by atoms with Gasteiger partial charge in [0.1, 0.15) is 0 Å². The minimum atomic E-state index is -0.368. The van der Waals surface area contributed by atoms with E-state index in [0.717, 1.165) is 34.4 Å². The van der Waals surface area contributed by atoms with E-state index in [0.29, 0.717) is 17.4 Å². The van der Waals surface area contributed by atoms with Crippen molar-refractivity contribution in [2.24, 2.45) is 0 Å². The van der Waals surface area contributed by atoms with Crippen molar-refractivity contribution in [1.29, 1.82) is 0 Å². The molecule has 2 aliphatic carbocycles. The van der Waals surface area contributed by atoms with Gasteiger partial charge >= 0.3 is 0 Å². The van der Waals surface area contributed by atoms with Gasteiger partial charge in [-0.2, -0.15) is 0 Å². The molecule has 140 valence electrons. The molecule has 1 aromatic heterocycles. The summed E-state index contributed by atoms with van der Waals surface area (Å²) in [7, 11) is 0. The van der Waals surface area contributed by atoms with Crippen LogP contribution in [0.25, 0.3) is 11.0 Å². The number of aromatic nitrogens is 2.